The number of benzene rings is 3. The lowest BCUT2D eigenvalue weighted by Crippen LogP contribution is -2.18. The minimum Gasteiger partial charge on any atom is -0.508 e. The predicted molar refractivity (Wildman–Crippen MR) is 117 cm³/mol. The number of ether oxygens (including phenoxy) is 1. The van der Waals surface area contributed by atoms with Crippen molar-refractivity contribution in [3.8, 4) is 22.8 Å². The highest BCUT2D eigenvalue weighted by Crippen LogP contribution is 2.27. The lowest BCUT2D eigenvalue weighted by atomic mass is 10.0. The first kappa shape index (κ1) is 19.1. The topological polar surface area (TPSA) is 83.8 Å². The van der Waals surface area contributed by atoms with Crippen LogP contribution in [0.15, 0.2) is 84.0 Å². The van der Waals surface area contributed by atoms with Crippen LogP contribution >= 0.6 is 0 Å². The van der Waals surface area contributed by atoms with E-state index >= 15 is 0 Å². The van der Waals surface area contributed by atoms with Crippen molar-refractivity contribution in [2.45, 2.75) is 0 Å². The second kappa shape index (κ2) is 8.45. The Kier molecular flexibility index (Phi) is 5.39. The summed E-state index contributed by atoms with van der Waals surface area (Å²) in [6.07, 6.45) is 1.51. The van der Waals surface area contributed by atoms with Crippen LogP contribution in [-0.2, 0) is 0 Å². The molecule has 0 saturated carbocycles. The number of hydrazone groups is 1. The van der Waals surface area contributed by atoms with Crippen LogP contribution < -0.4 is 10.2 Å². The quantitative estimate of drug-likeness (QED) is 0.387. The first-order chi connectivity index (χ1) is 14.6. The fourth-order valence-electron chi connectivity index (χ4n) is 3.06. The average molecular weight is 397 g/mol. The lowest BCUT2D eigenvalue weighted by molar-refractivity contribution is 0.0956. The van der Waals surface area contributed by atoms with E-state index in [1.54, 1.807) is 43.5 Å². The van der Waals surface area contributed by atoms with Crippen molar-refractivity contribution in [2.24, 2.45) is 5.10 Å². The molecule has 2 N–H and O–H groups in total. The number of pyridine rings is 1. The largest absolute Gasteiger partial charge is 0.508 e. The van der Waals surface area contributed by atoms with Crippen molar-refractivity contribution >= 4 is 23.0 Å². The maximum atomic E-state index is 13.0. The molecule has 148 valence electrons. The molecule has 6 heteroatoms. The Balaban J connectivity index is 1.71. The Morgan fingerprint density at radius 3 is 2.53 bits per heavy atom. The van der Waals surface area contributed by atoms with Crippen LogP contribution in [0.25, 0.3) is 22.2 Å². The molecule has 0 saturated heterocycles. The molecule has 0 atom stereocenters. The minimum atomic E-state index is -0.358. The Labute approximate surface area is 173 Å². The Bertz CT molecular complexity index is 1220. The summed E-state index contributed by atoms with van der Waals surface area (Å²) < 4.78 is 5.31. The average Bonchev–Trinajstić information content (AvgIpc) is 2.79. The molecule has 6 nitrogen and oxygen atoms in total. The number of carbonyl (C=O) groups is 1. The maximum Gasteiger partial charge on any atom is 0.272 e. The van der Waals surface area contributed by atoms with Crippen LogP contribution in [-0.4, -0.2) is 29.3 Å². The summed E-state index contributed by atoms with van der Waals surface area (Å²) in [5, 5.41) is 14.1. The molecule has 4 aromatic rings. The zero-order valence-corrected chi connectivity index (χ0v) is 16.2. The third-order valence-electron chi connectivity index (χ3n) is 4.60. The van der Waals surface area contributed by atoms with Gasteiger partial charge in [-0.05, 0) is 54.1 Å². The van der Waals surface area contributed by atoms with Crippen LogP contribution in [0, 0.1) is 0 Å². The zero-order chi connectivity index (χ0) is 20.9. The molecular weight excluding hydrogens is 378 g/mol. The number of fused-ring (bicyclic) bond motifs is 1. The van der Waals surface area contributed by atoms with Crippen molar-refractivity contribution < 1.29 is 14.6 Å². The normalized spacial score (nSPS) is 11.0. The first-order valence-electron chi connectivity index (χ1n) is 9.31. The fourth-order valence-corrected chi connectivity index (χ4v) is 3.06. The van der Waals surface area contributed by atoms with Crippen molar-refractivity contribution in [3.63, 3.8) is 0 Å². The molecule has 0 aliphatic rings. The molecule has 0 fully saturated rings. The smallest absolute Gasteiger partial charge is 0.272 e. The van der Waals surface area contributed by atoms with Gasteiger partial charge in [-0.2, -0.15) is 5.10 Å². The van der Waals surface area contributed by atoms with E-state index < -0.39 is 0 Å². The number of aromatic nitrogens is 1. The van der Waals surface area contributed by atoms with E-state index in [0.29, 0.717) is 27.9 Å². The second-order valence-electron chi connectivity index (χ2n) is 6.59. The van der Waals surface area contributed by atoms with Crippen LogP contribution in [0.1, 0.15) is 15.9 Å². The number of phenols is 1. The molecule has 0 unspecified atom stereocenters. The van der Waals surface area contributed by atoms with Crippen molar-refractivity contribution in [2.75, 3.05) is 7.11 Å². The molecule has 0 aliphatic carbocycles. The molecule has 0 bridgehead atoms. The number of phenolic OH excluding ortho intramolecular Hbond substituents is 1. The van der Waals surface area contributed by atoms with E-state index in [1.165, 1.54) is 6.21 Å². The number of nitrogens with one attached hydrogen (secondary N) is 1. The van der Waals surface area contributed by atoms with Crippen molar-refractivity contribution in [1.29, 1.82) is 0 Å². The van der Waals surface area contributed by atoms with E-state index in [4.69, 9.17) is 9.72 Å². The third-order valence-corrected chi connectivity index (χ3v) is 4.60. The van der Waals surface area contributed by atoms with Crippen LogP contribution in [0.4, 0.5) is 0 Å². The second-order valence-corrected chi connectivity index (χ2v) is 6.59. The molecule has 3 aromatic carbocycles. The van der Waals surface area contributed by atoms with Crippen LogP contribution in [0.2, 0.25) is 0 Å². The summed E-state index contributed by atoms with van der Waals surface area (Å²) in [7, 11) is 1.58. The predicted octanol–water partition coefficient (Wildman–Crippen LogP) is 4.38. The Hall–Kier alpha value is -4.19. The summed E-state index contributed by atoms with van der Waals surface area (Å²) in [5.41, 5.74) is 6.06. The van der Waals surface area contributed by atoms with Gasteiger partial charge in [0.05, 0.1) is 30.1 Å². The van der Waals surface area contributed by atoms with Gasteiger partial charge >= 0.3 is 0 Å². The zero-order valence-electron chi connectivity index (χ0n) is 16.2. The standard InChI is InChI=1S/C24H19N3O3/c1-30-19-11-12-22-20(13-19)21(14-23(26-22)17-5-3-2-4-6-17)24(29)27-25-15-16-7-9-18(28)10-8-16/h2-15,28H,1H3,(H,27,29)/b25-15+. The van der Waals surface area contributed by atoms with Gasteiger partial charge in [-0.15, -0.1) is 0 Å². The number of hydrogen-bond donors (Lipinski definition) is 2. The highest BCUT2D eigenvalue weighted by atomic mass is 16.5. The number of hydrogen-bond acceptors (Lipinski definition) is 5. The summed E-state index contributed by atoms with van der Waals surface area (Å²) in [5.74, 6) is 0.447. The number of nitrogens with zero attached hydrogens (tertiary/aromatic N) is 2. The van der Waals surface area contributed by atoms with E-state index in [0.717, 1.165) is 11.1 Å². The molecule has 0 spiro atoms. The van der Waals surface area contributed by atoms with E-state index in [2.05, 4.69) is 10.5 Å². The number of carbonyl (C=O) groups excluding carboxylic acids is 1. The van der Waals surface area contributed by atoms with Crippen molar-refractivity contribution in [3.05, 3.63) is 90.0 Å². The van der Waals surface area contributed by atoms with Crippen molar-refractivity contribution in [1.82, 2.24) is 10.4 Å². The van der Waals surface area contributed by atoms with Gasteiger partial charge in [0.2, 0.25) is 0 Å². The molecule has 1 heterocycles. The fraction of sp³-hybridized carbons (Fsp3) is 0.0417. The summed E-state index contributed by atoms with van der Waals surface area (Å²) in [4.78, 5) is 17.7. The van der Waals surface area contributed by atoms with Gasteiger partial charge in [0, 0.05) is 10.9 Å². The number of rotatable bonds is 5. The molecule has 0 aliphatic heterocycles. The van der Waals surface area contributed by atoms with Crippen LogP contribution in [0.3, 0.4) is 0 Å². The lowest BCUT2D eigenvalue weighted by Gasteiger charge is -2.10. The highest BCUT2D eigenvalue weighted by molar-refractivity contribution is 6.07. The van der Waals surface area contributed by atoms with Gasteiger partial charge in [0.15, 0.2) is 0 Å². The molecule has 30 heavy (non-hydrogen) atoms. The van der Waals surface area contributed by atoms with E-state index in [9.17, 15) is 9.90 Å². The molecular formula is C24H19N3O3. The summed E-state index contributed by atoms with van der Waals surface area (Å²) >= 11 is 0. The molecule has 0 radical (unpaired) electrons. The number of aromatic hydroxyl groups is 1. The van der Waals surface area contributed by atoms with Gasteiger partial charge < -0.3 is 9.84 Å². The summed E-state index contributed by atoms with van der Waals surface area (Å²) in [6, 6.07) is 23.4. The maximum absolute atomic E-state index is 13.0. The first-order valence-corrected chi connectivity index (χ1v) is 9.31. The van der Waals surface area contributed by atoms with Gasteiger partial charge in [0.25, 0.3) is 5.91 Å². The summed E-state index contributed by atoms with van der Waals surface area (Å²) in [6.45, 7) is 0. The molecule has 1 amide bonds. The van der Waals surface area contributed by atoms with Gasteiger partial charge in [-0.25, -0.2) is 10.4 Å². The highest BCUT2D eigenvalue weighted by Gasteiger charge is 2.14. The minimum absolute atomic E-state index is 0.168. The number of methoxy groups -OCH3 is 1. The Morgan fingerprint density at radius 1 is 1.03 bits per heavy atom. The van der Waals surface area contributed by atoms with Gasteiger partial charge in [0.1, 0.15) is 11.5 Å². The van der Waals surface area contributed by atoms with Crippen LogP contribution in [0.5, 0.6) is 11.5 Å². The molecule has 1 aromatic heterocycles. The third kappa shape index (κ3) is 4.12. The van der Waals surface area contributed by atoms with E-state index in [-0.39, 0.29) is 11.7 Å². The number of amides is 1. The SMILES string of the molecule is COc1ccc2nc(-c3ccccc3)cc(C(=O)N/N=C/c3ccc(O)cc3)c2c1. The van der Waals surface area contributed by atoms with Gasteiger partial charge in [-0.3, -0.25) is 4.79 Å². The monoisotopic (exact) mass is 397 g/mol. The molecule has 4 rings (SSSR count). The van der Waals surface area contributed by atoms with Gasteiger partial charge in [-0.1, -0.05) is 30.3 Å². The Morgan fingerprint density at radius 2 is 1.80 bits per heavy atom. The van der Waals surface area contributed by atoms with E-state index in [1.807, 2.05) is 42.5 Å².